The van der Waals surface area contributed by atoms with Crippen molar-refractivity contribution in [3.05, 3.63) is 11.3 Å². The summed E-state index contributed by atoms with van der Waals surface area (Å²) in [5, 5.41) is 3.52. The van der Waals surface area contributed by atoms with Crippen molar-refractivity contribution in [3.8, 4) is 0 Å². The molecule has 0 aromatic carbocycles. The lowest BCUT2D eigenvalue weighted by molar-refractivity contribution is -0.158. The van der Waals surface area contributed by atoms with Crippen LogP contribution < -0.4 is 5.32 Å². The van der Waals surface area contributed by atoms with Crippen molar-refractivity contribution in [2.75, 3.05) is 13.1 Å². The number of Topliss-reactive ketones (excluding diaryl/α,β-unsaturated/α-hetero) is 1. The van der Waals surface area contributed by atoms with E-state index in [-0.39, 0.29) is 22.9 Å². The fourth-order valence-electron chi connectivity index (χ4n) is 7.63. The highest BCUT2D eigenvalue weighted by atomic mass is 16.5. The number of aliphatic imine (C=N–C) groups is 1. The Morgan fingerprint density at radius 2 is 2.00 bits per heavy atom. The minimum Gasteiger partial charge on any atom is -0.462 e. The van der Waals surface area contributed by atoms with Gasteiger partial charge in [0.15, 0.2) is 5.78 Å². The predicted octanol–water partition coefficient (Wildman–Crippen LogP) is 3.43. The molecule has 0 spiro atoms. The number of hydrogen-bond donors (Lipinski definition) is 1. The molecule has 5 aliphatic rings. The van der Waals surface area contributed by atoms with Gasteiger partial charge in [-0.15, -0.1) is 0 Å². The lowest BCUT2D eigenvalue weighted by atomic mass is 9.47. The molecule has 4 aliphatic carbocycles. The van der Waals surface area contributed by atoms with E-state index in [1.165, 1.54) is 6.92 Å². The molecular formula is C23H32N2O3. The Bertz CT molecular complexity index is 800. The van der Waals surface area contributed by atoms with Crippen molar-refractivity contribution in [2.24, 2.45) is 33.6 Å². The maximum atomic E-state index is 13.5. The number of nitrogens with one attached hydrogen (secondary N) is 1. The zero-order valence-corrected chi connectivity index (χ0v) is 17.3. The van der Waals surface area contributed by atoms with E-state index in [1.807, 2.05) is 0 Å². The van der Waals surface area contributed by atoms with Crippen LogP contribution in [-0.2, 0) is 14.3 Å². The highest BCUT2D eigenvalue weighted by Crippen LogP contribution is 2.65. The van der Waals surface area contributed by atoms with Gasteiger partial charge < -0.3 is 10.1 Å². The third kappa shape index (κ3) is 2.40. The molecule has 1 heterocycles. The SMILES string of the molecule is CC(=O)O[C@H]1CC[C@H]2[C@@H]3CC(=O)C4=C5NCCN=C5CC[C@]4(C)[C@H]3CC[C@]12C. The molecule has 5 rings (SSSR count). The number of esters is 1. The highest BCUT2D eigenvalue weighted by Gasteiger charge is 2.62. The van der Waals surface area contributed by atoms with Crippen molar-refractivity contribution >= 4 is 17.5 Å². The molecule has 28 heavy (non-hydrogen) atoms. The zero-order chi connectivity index (χ0) is 19.7. The maximum absolute atomic E-state index is 13.5. The first-order valence-corrected chi connectivity index (χ1v) is 11.1. The smallest absolute Gasteiger partial charge is 0.302 e. The van der Waals surface area contributed by atoms with Gasteiger partial charge in [0.1, 0.15) is 6.10 Å². The van der Waals surface area contributed by atoms with E-state index in [1.54, 1.807) is 0 Å². The Morgan fingerprint density at radius 3 is 2.79 bits per heavy atom. The van der Waals surface area contributed by atoms with E-state index < -0.39 is 0 Å². The van der Waals surface area contributed by atoms with Crippen LogP contribution in [0, 0.1) is 28.6 Å². The van der Waals surface area contributed by atoms with E-state index in [9.17, 15) is 9.59 Å². The van der Waals surface area contributed by atoms with Crippen molar-refractivity contribution in [1.29, 1.82) is 0 Å². The average Bonchev–Trinajstić information content (AvgIpc) is 2.97. The van der Waals surface area contributed by atoms with E-state index in [0.29, 0.717) is 30.0 Å². The second kappa shape index (κ2) is 6.17. The van der Waals surface area contributed by atoms with Crippen LogP contribution in [0.1, 0.15) is 65.7 Å². The third-order valence-corrected chi connectivity index (χ3v) is 8.88. The van der Waals surface area contributed by atoms with Gasteiger partial charge in [0.2, 0.25) is 0 Å². The van der Waals surface area contributed by atoms with E-state index in [0.717, 1.165) is 68.6 Å². The molecule has 3 saturated carbocycles. The number of hydrogen-bond acceptors (Lipinski definition) is 5. The average molecular weight is 385 g/mol. The number of fused-ring (bicyclic) bond motifs is 6. The van der Waals surface area contributed by atoms with Crippen molar-refractivity contribution in [3.63, 3.8) is 0 Å². The summed E-state index contributed by atoms with van der Waals surface area (Å²) in [5.41, 5.74) is 3.23. The minimum atomic E-state index is -0.171. The predicted molar refractivity (Wildman–Crippen MR) is 107 cm³/mol. The number of ketones is 1. The fraction of sp³-hybridized carbons (Fsp3) is 0.783. The molecule has 6 atom stereocenters. The molecule has 0 radical (unpaired) electrons. The lowest BCUT2D eigenvalue weighted by Gasteiger charge is -2.57. The second-order valence-corrected chi connectivity index (χ2v) is 10.1. The van der Waals surface area contributed by atoms with Crippen LogP contribution in [0.25, 0.3) is 0 Å². The normalized spacial score (nSPS) is 44.5. The lowest BCUT2D eigenvalue weighted by Crippen LogP contribution is -2.55. The van der Waals surface area contributed by atoms with Gasteiger partial charge in [-0.2, -0.15) is 0 Å². The monoisotopic (exact) mass is 384 g/mol. The molecule has 0 aromatic heterocycles. The summed E-state index contributed by atoms with van der Waals surface area (Å²) >= 11 is 0. The molecule has 152 valence electrons. The molecule has 5 heteroatoms. The first-order chi connectivity index (χ1) is 13.3. The molecule has 0 aromatic rings. The first-order valence-electron chi connectivity index (χ1n) is 11.1. The Morgan fingerprint density at radius 1 is 1.18 bits per heavy atom. The van der Waals surface area contributed by atoms with Gasteiger partial charge in [0.25, 0.3) is 0 Å². The zero-order valence-electron chi connectivity index (χ0n) is 17.3. The number of allylic oxidation sites excluding steroid dienone is 2. The van der Waals surface area contributed by atoms with Crippen LogP contribution in [0.4, 0.5) is 0 Å². The Hall–Kier alpha value is -1.65. The standard InChI is InChI=1S/C23H32N2O3/c1-13(26)28-19-5-4-15-14-12-18(27)20-21-17(24-10-11-25-21)7-9-23(20,3)16(14)6-8-22(15,19)2/h14-16,19,25H,4-12H2,1-3H3/t14-,15-,16-,19-,22-,23+/m0/s1. The summed E-state index contributed by atoms with van der Waals surface area (Å²) in [6.07, 6.45) is 6.94. The van der Waals surface area contributed by atoms with Crippen LogP contribution in [0.5, 0.6) is 0 Å². The first kappa shape index (κ1) is 18.4. The highest BCUT2D eigenvalue weighted by molar-refractivity contribution is 6.11. The van der Waals surface area contributed by atoms with Gasteiger partial charge in [-0.3, -0.25) is 14.6 Å². The molecule has 5 nitrogen and oxygen atoms in total. The number of rotatable bonds is 1. The summed E-state index contributed by atoms with van der Waals surface area (Å²) < 4.78 is 5.73. The number of carbonyl (C=O) groups excluding carboxylic acids is 2. The third-order valence-electron chi connectivity index (χ3n) is 8.88. The van der Waals surface area contributed by atoms with E-state index in [2.05, 4.69) is 19.2 Å². The van der Waals surface area contributed by atoms with Crippen LogP contribution in [0.15, 0.2) is 16.3 Å². The summed E-state index contributed by atoms with van der Waals surface area (Å²) in [4.78, 5) is 29.8. The molecule has 3 fully saturated rings. The Balaban J connectivity index is 1.51. The number of ether oxygens (including phenoxy) is 1. The molecule has 1 N–H and O–H groups in total. The summed E-state index contributed by atoms with van der Waals surface area (Å²) in [5.74, 6) is 1.61. The van der Waals surface area contributed by atoms with Crippen LogP contribution in [0.2, 0.25) is 0 Å². The van der Waals surface area contributed by atoms with Gasteiger partial charge >= 0.3 is 5.97 Å². The topological polar surface area (TPSA) is 67.8 Å². The molecule has 0 unspecified atom stereocenters. The van der Waals surface area contributed by atoms with E-state index in [4.69, 9.17) is 9.73 Å². The van der Waals surface area contributed by atoms with Crippen LogP contribution in [-0.4, -0.2) is 36.7 Å². The van der Waals surface area contributed by atoms with Crippen molar-refractivity contribution in [2.45, 2.75) is 71.8 Å². The van der Waals surface area contributed by atoms with Gasteiger partial charge in [-0.05, 0) is 56.3 Å². The van der Waals surface area contributed by atoms with Gasteiger partial charge in [-0.25, -0.2) is 0 Å². The van der Waals surface area contributed by atoms with Crippen LogP contribution in [0.3, 0.4) is 0 Å². The fourth-order valence-corrected chi connectivity index (χ4v) is 7.63. The van der Waals surface area contributed by atoms with Crippen molar-refractivity contribution in [1.82, 2.24) is 5.32 Å². The number of carbonyl (C=O) groups is 2. The Labute approximate surface area is 167 Å². The quantitative estimate of drug-likeness (QED) is 0.703. The molecule has 0 amide bonds. The minimum absolute atomic E-state index is 0.0173. The van der Waals surface area contributed by atoms with Gasteiger partial charge in [0, 0.05) is 36.3 Å². The molecular weight excluding hydrogens is 352 g/mol. The van der Waals surface area contributed by atoms with Crippen LogP contribution >= 0.6 is 0 Å². The summed E-state index contributed by atoms with van der Waals surface area (Å²) in [6.45, 7) is 7.83. The maximum Gasteiger partial charge on any atom is 0.302 e. The molecule has 0 bridgehead atoms. The summed E-state index contributed by atoms with van der Waals surface area (Å²) in [6, 6.07) is 0. The number of nitrogens with zero attached hydrogens (tertiary/aromatic N) is 1. The largest absolute Gasteiger partial charge is 0.462 e. The van der Waals surface area contributed by atoms with Gasteiger partial charge in [0.05, 0.1) is 18.0 Å². The van der Waals surface area contributed by atoms with E-state index >= 15 is 0 Å². The van der Waals surface area contributed by atoms with Gasteiger partial charge in [-0.1, -0.05) is 13.8 Å². The Kier molecular flexibility index (Phi) is 4.05. The second-order valence-electron chi connectivity index (χ2n) is 10.1. The molecule has 0 saturated heterocycles. The molecule has 1 aliphatic heterocycles. The summed E-state index contributed by atoms with van der Waals surface area (Å²) in [7, 11) is 0. The van der Waals surface area contributed by atoms with Crippen molar-refractivity contribution < 1.29 is 14.3 Å².